The van der Waals surface area contributed by atoms with Gasteiger partial charge in [0.2, 0.25) is 0 Å². The SMILES string of the molecule is CC(C)Cc1ccc(OP(=O)(Oc2ccc(CC(C)C)cc2)Oc2ccc(CC(C)C)cc2)cc1. The first-order chi connectivity index (χ1) is 16.6. The smallest absolute Gasteiger partial charge is 0.386 e. The van der Waals surface area contributed by atoms with Gasteiger partial charge in [-0.1, -0.05) is 77.9 Å². The van der Waals surface area contributed by atoms with Gasteiger partial charge in [0.15, 0.2) is 0 Å². The second-order valence-electron chi connectivity index (χ2n) is 10.4. The molecule has 3 aromatic rings. The molecule has 0 aliphatic carbocycles. The molecule has 188 valence electrons. The van der Waals surface area contributed by atoms with Gasteiger partial charge in [-0.05, 0) is 90.1 Å². The second kappa shape index (κ2) is 12.3. The zero-order valence-electron chi connectivity index (χ0n) is 21.9. The molecule has 4 nitrogen and oxygen atoms in total. The molecule has 0 aromatic heterocycles. The highest BCUT2D eigenvalue weighted by atomic mass is 31.2. The van der Waals surface area contributed by atoms with Crippen LogP contribution in [0.2, 0.25) is 0 Å². The predicted octanol–water partition coefficient (Wildman–Crippen LogP) is 8.93. The van der Waals surface area contributed by atoms with Crippen LogP contribution in [0.5, 0.6) is 17.2 Å². The normalized spacial score (nSPS) is 11.8. The molecule has 3 rings (SSSR count). The fraction of sp³-hybridized carbons (Fsp3) is 0.400. The van der Waals surface area contributed by atoms with E-state index < -0.39 is 7.82 Å². The molecular formula is C30H39O4P. The van der Waals surface area contributed by atoms with Crippen molar-refractivity contribution in [1.29, 1.82) is 0 Å². The highest BCUT2D eigenvalue weighted by Gasteiger charge is 2.33. The summed E-state index contributed by atoms with van der Waals surface area (Å²) in [7, 11) is -4.01. The third-order valence-corrected chi connectivity index (χ3v) is 6.66. The van der Waals surface area contributed by atoms with Gasteiger partial charge in [-0.3, -0.25) is 0 Å². The van der Waals surface area contributed by atoms with Crippen LogP contribution in [0, 0.1) is 17.8 Å². The first kappa shape index (κ1) is 26.9. The Balaban J connectivity index is 1.81. The van der Waals surface area contributed by atoms with Crippen LogP contribution in [-0.2, 0) is 23.8 Å². The van der Waals surface area contributed by atoms with Crippen LogP contribution in [0.1, 0.15) is 58.2 Å². The van der Waals surface area contributed by atoms with Gasteiger partial charge in [-0.15, -0.1) is 0 Å². The Hall–Kier alpha value is -2.71. The van der Waals surface area contributed by atoms with Gasteiger partial charge in [0, 0.05) is 0 Å². The molecule has 0 unspecified atom stereocenters. The van der Waals surface area contributed by atoms with Crippen LogP contribution in [-0.4, -0.2) is 0 Å². The summed E-state index contributed by atoms with van der Waals surface area (Å²) in [6, 6.07) is 22.8. The second-order valence-corrected chi connectivity index (χ2v) is 11.9. The third-order valence-electron chi connectivity index (χ3n) is 5.35. The molecule has 3 aromatic carbocycles. The van der Waals surface area contributed by atoms with E-state index in [1.54, 1.807) is 0 Å². The maximum Gasteiger partial charge on any atom is 0.647 e. The Morgan fingerprint density at radius 3 is 0.914 bits per heavy atom. The fourth-order valence-corrected chi connectivity index (χ4v) is 5.17. The predicted molar refractivity (Wildman–Crippen MR) is 144 cm³/mol. The van der Waals surface area contributed by atoms with Crippen molar-refractivity contribution in [3.8, 4) is 17.2 Å². The molecule has 0 amide bonds. The lowest BCUT2D eigenvalue weighted by Crippen LogP contribution is -2.08. The van der Waals surface area contributed by atoms with Crippen molar-refractivity contribution >= 4 is 7.82 Å². The first-order valence-electron chi connectivity index (χ1n) is 12.6. The number of phosphoric ester groups is 1. The molecule has 0 atom stereocenters. The lowest BCUT2D eigenvalue weighted by atomic mass is 10.0. The average Bonchev–Trinajstić information content (AvgIpc) is 2.77. The van der Waals surface area contributed by atoms with Gasteiger partial charge < -0.3 is 13.6 Å². The topological polar surface area (TPSA) is 44.8 Å². The highest BCUT2D eigenvalue weighted by molar-refractivity contribution is 7.49. The molecule has 0 N–H and O–H groups in total. The number of hydrogen-bond acceptors (Lipinski definition) is 4. The molecule has 0 spiro atoms. The number of phosphoric acid groups is 1. The van der Waals surface area contributed by atoms with E-state index in [-0.39, 0.29) is 0 Å². The standard InChI is InChI=1S/C30H39O4P/c1-22(2)19-25-7-13-28(14-8-25)32-35(31,33-29-15-9-26(10-16-29)20-23(3)4)34-30-17-11-27(12-18-30)21-24(5)6/h7-18,22-24H,19-21H2,1-6H3. The van der Waals surface area contributed by atoms with Gasteiger partial charge in [-0.25, -0.2) is 0 Å². The summed E-state index contributed by atoms with van der Waals surface area (Å²) in [6.07, 6.45) is 2.91. The molecular weight excluding hydrogens is 455 g/mol. The van der Waals surface area contributed by atoms with Crippen LogP contribution in [0.25, 0.3) is 0 Å². The van der Waals surface area contributed by atoms with Gasteiger partial charge in [0.1, 0.15) is 17.2 Å². The molecule has 0 fully saturated rings. The number of rotatable bonds is 12. The van der Waals surface area contributed by atoms with E-state index in [2.05, 4.69) is 41.5 Å². The minimum Gasteiger partial charge on any atom is -0.386 e. The van der Waals surface area contributed by atoms with Crippen LogP contribution in [0.3, 0.4) is 0 Å². The third kappa shape index (κ3) is 9.11. The highest BCUT2D eigenvalue weighted by Crippen LogP contribution is 2.49. The lowest BCUT2D eigenvalue weighted by Gasteiger charge is -2.20. The molecule has 35 heavy (non-hydrogen) atoms. The van der Waals surface area contributed by atoms with Crippen molar-refractivity contribution in [1.82, 2.24) is 0 Å². The summed E-state index contributed by atoms with van der Waals surface area (Å²) < 4.78 is 31.5. The van der Waals surface area contributed by atoms with Gasteiger partial charge in [0.25, 0.3) is 0 Å². The van der Waals surface area contributed by atoms with Gasteiger partial charge >= 0.3 is 7.82 Å². The van der Waals surface area contributed by atoms with Crippen molar-refractivity contribution in [3.05, 3.63) is 89.5 Å². The average molecular weight is 495 g/mol. The van der Waals surface area contributed by atoms with E-state index in [1.165, 1.54) is 16.7 Å². The molecule has 0 saturated carbocycles. The molecule has 0 bridgehead atoms. The Morgan fingerprint density at radius 2 is 0.714 bits per heavy atom. The Morgan fingerprint density at radius 1 is 0.486 bits per heavy atom. The summed E-state index contributed by atoms with van der Waals surface area (Å²) in [6.45, 7) is 13.1. The van der Waals surface area contributed by atoms with Gasteiger partial charge in [0.05, 0.1) is 0 Å². The quantitative estimate of drug-likeness (QED) is 0.236. The van der Waals surface area contributed by atoms with E-state index in [1.807, 2.05) is 72.8 Å². The zero-order chi connectivity index (χ0) is 25.4. The molecule has 0 heterocycles. The van der Waals surface area contributed by atoms with Crippen molar-refractivity contribution in [2.24, 2.45) is 17.8 Å². The van der Waals surface area contributed by atoms with E-state index in [4.69, 9.17) is 13.6 Å². The van der Waals surface area contributed by atoms with Crippen LogP contribution >= 0.6 is 7.82 Å². The largest absolute Gasteiger partial charge is 0.647 e. The van der Waals surface area contributed by atoms with E-state index >= 15 is 0 Å². The summed E-state index contributed by atoms with van der Waals surface area (Å²) in [5.74, 6) is 2.97. The maximum absolute atomic E-state index is 13.8. The van der Waals surface area contributed by atoms with Crippen LogP contribution in [0.4, 0.5) is 0 Å². The van der Waals surface area contributed by atoms with Crippen LogP contribution < -0.4 is 13.6 Å². The summed E-state index contributed by atoms with van der Waals surface area (Å²) in [5, 5.41) is 0. The minimum absolute atomic E-state index is 0.439. The van der Waals surface area contributed by atoms with Crippen molar-refractivity contribution in [3.63, 3.8) is 0 Å². The first-order valence-corrected chi connectivity index (χ1v) is 14.0. The van der Waals surface area contributed by atoms with Gasteiger partial charge in [-0.2, -0.15) is 4.57 Å². The van der Waals surface area contributed by atoms with Crippen LogP contribution in [0.15, 0.2) is 72.8 Å². The maximum atomic E-state index is 13.8. The van der Waals surface area contributed by atoms with E-state index in [0.29, 0.717) is 35.0 Å². The number of hydrogen-bond donors (Lipinski definition) is 0. The van der Waals surface area contributed by atoms with Crippen molar-refractivity contribution in [2.75, 3.05) is 0 Å². The Bertz CT molecular complexity index is 943. The van der Waals surface area contributed by atoms with E-state index in [9.17, 15) is 4.57 Å². The minimum atomic E-state index is -4.01. The summed E-state index contributed by atoms with van der Waals surface area (Å²) in [5.41, 5.74) is 3.60. The monoisotopic (exact) mass is 494 g/mol. The molecule has 0 aliphatic rings. The zero-order valence-corrected chi connectivity index (χ0v) is 22.8. The fourth-order valence-electron chi connectivity index (χ4n) is 3.92. The molecule has 0 saturated heterocycles. The van der Waals surface area contributed by atoms with Crippen molar-refractivity contribution < 1.29 is 18.1 Å². The van der Waals surface area contributed by atoms with E-state index in [0.717, 1.165) is 19.3 Å². The molecule has 5 heteroatoms. The lowest BCUT2D eigenvalue weighted by molar-refractivity contribution is 0.298. The summed E-state index contributed by atoms with van der Waals surface area (Å²) >= 11 is 0. The Kier molecular flexibility index (Phi) is 9.46. The Labute approximate surface area is 211 Å². The molecule has 0 aliphatic heterocycles. The summed E-state index contributed by atoms with van der Waals surface area (Å²) in [4.78, 5) is 0. The van der Waals surface area contributed by atoms with Crippen molar-refractivity contribution in [2.45, 2.75) is 60.8 Å². The molecule has 0 radical (unpaired) electrons. The number of benzene rings is 3.